The highest BCUT2D eigenvalue weighted by atomic mass is 32.2. The number of benzene rings is 3. The van der Waals surface area contributed by atoms with Crippen molar-refractivity contribution in [2.45, 2.75) is 95.2 Å². The average Bonchev–Trinajstić information content (AvgIpc) is 3.46. The Morgan fingerprint density at radius 3 is 2.24 bits per heavy atom. The van der Waals surface area contributed by atoms with Crippen molar-refractivity contribution >= 4 is 34.0 Å². The van der Waals surface area contributed by atoms with E-state index in [1.54, 1.807) is 13.8 Å². The number of amides is 2. The van der Waals surface area contributed by atoms with Gasteiger partial charge in [-0.3, -0.25) is 10.2 Å². The fourth-order valence-electron chi connectivity index (χ4n) is 7.34. The van der Waals surface area contributed by atoms with Crippen LogP contribution in [0, 0.1) is 26.2 Å². The van der Waals surface area contributed by atoms with E-state index in [-0.39, 0.29) is 48.8 Å². The van der Waals surface area contributed by atoms with Gasteiger partial charge in [-0.25, -0.2) is 22.7 Å². The lowest BCUT2D eigenvalue weighted by Gasteiger charge is -2.35. The van der Waals surface area contributed by atoms with Crippen LogP contribution in [0.1, 0.15) is 78.8 Å². The molecule has 0 saturated heterocycles. The first-order chi connectivity index (χ1) is 26.1. The highest BCUT2D eigenvalue weighted by molar-refractivity contribution is 7.90. The molecule has 2 aliphatic rings. The van der Waals surface area contributed by atoms with Crippen LogP contribution in [-0.4, -0.2) is 70.3 Å². The lowest BCUT2D eigenvalue weighted by molar-refractivity contribution is -0.145. The zero-order valence-corrected chi connectivity index (χ0v) is 33.1. The van der Waals surface area contributed by atoms with E-state index in [2.05, 4.69) is 27.3 Å². The molecule has 0 fully saturated rings. The second-order valence-electron chi connectivity index (χ2n) is 14.6. The number of carbonyl (C=O) groups excluding carboxylic acids is 3. The first-order valence-corrected chi connectivity index (χ1v) is 19.8. The SMILES string of the molecule is C=CC[C@H](NC(=O)[C@H](CCCNC(=N)NS(=O)(=O)c1c(C)c(C)c2c(c1C)CCC(C)(C)O2)NC(=O)OCC1c2ccccc2-c2ccccc21)C(=O)OC. The standard InChI is InChI=1S/C41H51N5O8S/c1-8-14-34(38(48)52-7)44-37(47)33(45-40(49)53-23-32-30-17-11-9-15-28(30)29-16-10-12-18-31(29)32)19-13-22-43-39(42)46-55(50,51)36-25(3)24(2)35-27(26(36)4)20-21-41(5,6)54-35/h8-12,15-18,32-34H,1,13-14,19-23H2,2-7H3,(H,44,47)(H,45,49)(H3,42,43,46)/t33-,34-/m0/s1. The van der Waals surface area contributed by atoms with Crippen molar-refractivity contribution in [2.75, 3.05) is 20.3 Å². The van der Waals surface area contributed by atoms with Gasteiger partial charge in [-0.2, -0.15) is 0 Å². The first kappa shape index (κ1) is 40.8. The van der Waals surface area contributed by atoms with Crippen molar-refractivity contribution in [1.82, 2.24) is 20.7 Å². The van der Waals surface area contributed by atoms with Gasteiger partial charge >= 0.3 is 12.1 Å². The number of rotatable bonds is 14. The molecule has 294 valence electrons. The van der Waals surface area contributed by atoms with Crippen LogP contribution in [0.3, 0.4) is 0 Å². The molecule has 0 saturated carbocycles. The number of esters is 1. The summed E-state index contributed by atoms with van der Waals surface area (Å²) in [5.74, 6) is -1.26. The van der Waals surface area contributed by atoms with Gasteiger partial charge < -0.3 is 30.2 Å². The summed E-state index contributed by atoms with van der Waals surface area (Å²) >= 11 is 0. The monoisotopic (exact) mass is 773 g/mol. The number of alkyl carbamates (subject to hydrolysis) is 1. The molecule has 1 aliphatic carbocycles. The predicted molar refractivity (Wildman–Crippen MR) is 210 cm³/mol. The van der Waals surface area contributed by atoms with E-state index in [0.717, 1.165) is 39.8 Å². The molecule has 5 rings (SSSR count). The van der Waals surface area contributed by atoms with Crippen LogP contribution in [0.2, 0.25) is 0 Å². The maximum absolute atomic E-state index is 13.6. The second-order valence-corrected chi connectivity index (χ2v) is 16.2. The highest BCUT2D eigenvalue weighted by Crippen LogP contribution is 2.45. The Balaban J connectivity index is 1.22. The fourth-order valence-corrected chi connectivity index (χ4v) is 8.86. The number of methoxy groups -OCH3 is 1. The summed E-state index contributed by atoms with van der Waals surface area (Å²) in [6, 6.07) is 13.7. The minimum absolute atomic E-state index is 0.0298. The van der Waals surface area contributed by atoms with E-state index >= 15 is 0 Å². The summed E-state index contributed by atoms with van der Waals surface area (Å²) in [5, 5.41) is 16.4. The number of sulfonamides is 1. The van der Waals surface area contributed by atoms with Crippen LogP contribution in [0.25, 0.3) is 11.1 Å². The summed E-state index contributed by atoms with van der Waals surface area (Å²) in [6.45, 7) is 13.1. The van der Waals surface area contributed by atoms with E-state index in [0.29, 0.717) is 23.3 Å². The van der Waals surface area contributed by atoms with Gasteiger partial charge in [0.05, 0.1) is 12.0 Å². The molecule has 1 heterocycles. The van der Waals surface area contributed by atoms with E-state index in [1.807, 2.05) is 69.3 Å². The molecule has 0 bridgehead atoms. The van der Waals surface area contributed by atoms with Crippen molar-refractivity contribution < 1.29 is 37.0 Å². The van der Waals surface area contributed by atoms with Gasteiger partial charge in [0.2, 0.25) is 11.9 Å². The van der Waals surface area contributed by atoms with Crippen LogP contribution in [0.5, 0.6) is 5.75 Å². The minimum atomic E-state index is -4.15. The van der Waals surface area contributed by atoms with Gasteiger partial charge in [-0.05, 0) is 111 Å². The zero-order chi connectivity index (χ0) is 40.1. The molecule has 3 aromatic rings. The molecule has 0 spiro atoms. The molecule has 0 unspecified atom stereocenters. The van der Waals surface area contributed by atoms with Gasteiger partial charge in [-0.1, -0.05) is 54.6 Å². The molecule has 0 radical (unpaired) electrons. The Labute approximate surface area is 323 Å². The number of hydrogen-bond acceptors (Lipinski definition) is 9. The van der Waals surface area contributed by atoms with Crippen molar-refractivity contribution in [1.29, 1.82) is 5.41 Å². The van der Waals surface area contributed by atoms with Gasteiger partial charge in [-0.15, -0.1) is 6.58 Å². The molecule has 0 aromatic heterocycles. The maximum Gasteiger partial charge on any atom is 0.407 e. The summed E-state index contributed by atoms with van der Waals surface area (Å²) in [4.78, 5) is 39.2. The molecule has 2 amide bonds. The fraction of sp³-hybridized carbons (Fsp3) is 0.415. The molecule has 1 aliphatic heterocycles. The van der Waals surface area contributed by atoms with Crippen molar-refractivity contribution in [3.8, 4) is 16.9 Å². The zero-order valence-electron chi connectivity index (χ0n) is 32.3. The number of guanidine groups is 1. The molecule has 14 heteroatoms. The Morgan fingerprint density at radius 1 is 0.982 bits per heavy atom. The van der Waals surface area contributed by atoms with Crippen LogP contribution in [0.15, 0.2) is 66.1 Å². The predicted octanol–water partition coefficient (Wildman–Crippen LogP) is 5.44. The Morgan fingerprint density at radius 2 is 1.62 bits per heavy atom. The average molecular weight is 774 g/mol. The van der Waals surface area contributed by atoms with Crippen molar-refractivity contribution in [3.05, 3.63) is 94.6 Å². The molecule has 2 atom stereocenters. The molecule has 3 aromatic carbocycles. The third kappa shape index (κ3) is 9.13. The number of carbonyl (C=O) groups is 3. The van der Waals surface area contributed by atoms with Crippen molar-refractivity contribution in [3.63, 3.8) is 0 Å². The normalized spacial score (nSPS) is 15.2. The number of ether oxygens (including phenoxy) is 3. The Bertz CT molecular complexity index is 2050. The number of nitrogens with one attached hydrogen (secondary N) is 5. The second kappa shape index (κ2) is 17.0. The molecule has 13 nitrogen and oxygen atoms in total. The quantitative estimate of drug-likeness (QED) is 0.0468. The third-order valence-corrected chi connectivity index (χ3v) is 11.9. The largest absolute Gasteiger partial charge is 0.487 e. The van der Waals surface area contributed by atoms with Crippen LogP contribution >= 0.6 is 0 Å². The highest BCUT2D eigenvalue weighted by Gasteiger charge is 2.34. The van der Waals surface area contributed by atoms with Gasteiger partial charge in [0.25, 0.3) is 10.0 Å². The first-order valence-electron chi connectivity index (χ1n) is 18.4. The Kier molecular flexibility index (Phi) is 12.6. The van der Waals surface area contributed by atoms with E-state index in [1.165, 1.54) is 13.2 Å². The van der Waals surface area contributed by atoms with Gasteiger partial charge in [0.15, 0.2) is 0 Å². The summed E-state index contributed by atoms with van der Waals surface area (Å²) < 4.78 is 46.4. The Hall–Kier alpha value is -5.37. The van der Waals surface area contributed by atoms with Crippen molar-refractivity contribution in [2.24, 2.45) is 0 Å². The van der Waals surface area contributed by atoms with E-state index in [4.69, 9.17) is 19.6 Å². The summed E-state index contributed by atoms with van der Waals surface area (Å²) in [6.07, 6.45) is 2.43. The number of hydrogen-bond donors (Lipinski definition) is 5. The smallest absolute Gasteiger partial charge is 0.407 e. The maximum atomic E-state index is 13.6. The molecule has 55 heavy (non-hydrogen) atoms. The lowest BCUT2D eigenvalue weighted by Crippen LogP contribution is -2.52. The lowest BCUT2D eigenvalue weighted by atomic mass is 9.88. The van der Waals surface area contributed by atoms with Crippen LogP contribution < -0.4 is 25.4 Å². The summed E-state index contributed by atoms with van der Waals surface area (Å²) in [7, 11) is -2.95. The van der Waals surface area contributed by atoms with E-state index in [9.17, 15) is 22.8 Å². The molecular formula is C41H51N5O8S. The van der Waals surface area contributed by atoms with Gasteiger partial charge in [0, 0.05) is 12.5 Å². The van der Waals surface area contributed by atoms with E-state index < -0.39 is 46.0 Å². The molecule has 5 N–H and O–H groups in total. The topological polar surface area (TPSA) is 185 Å². The van der Waals surface area contributed by atoms with Gasteiger partial charge in [0.1, 0.15) is 30.0 Å². The number of fused-ring (bicyclic) bond motifs is 4. The van der Waals surface area contributed by atoms with Crippen LogP contribution in [0.4, 0.5) is 4.79 Å². The summed E-state index contributed by atoms with van der Waals surface area (Å²) in [5.41, 5.74) is 6.57. The minimum Gasteiger partial charge on any atom is -0.487 e. The molecular weight excluding hydrogens is 723 g/mol. The third-order valence-electron chi connectivity index (χ3n) is 10.3. The van der Waals surface area contributed by atoms with Crippen LogP contribution in [-0.2, 0) is 35.5 Å².